The highest BCUT2D eigenvalue weighted by molar-refractivity contribution is 4.82. The summed E-state index contributed by atoms with van der Waals surface area (Å²) in [6.07, 6.45) is 9.69. The van der Waals surface area contributed by atoms with Crippen LogP contribution in [0.5, 0.6) is 0 Å². The van der Waals surface area contributed by atoms with Crippen LogP contribution in [-0.4, -0.2) is 37.3 Å². The van der Waals surface area contributed by atoms with E-state index in [2.05, 4.69) is 24.5 Å². The maximum atomic E-state index is 6.23. The predicted molar refractivity (Wildman–Crippen MR) is 133 cm³/mol. The molecule has 1 rings (SSSR count). The first-order valence-corrected chi connectivity index (χ1v) is 12.7. The van der Waals surface area contributed by atoms with Gasteiger partial charge in [-0.05, 0) is 45.2 Å². The minimum Gasteiger partial charge on any atom is -0.326 e. The van der Waals surface area contributed by atoms with Gasteiger partial charge < -0.3 is 22.1 Å². The van der Waals surface area contributed by atoms with Crippen LogP contribution in [0.4, 0.5) is 0 Å². The van der Waals surface area contributed by atoms with Gasteiger partial charge in [-0.2, -0.15) is 0 Å². The Morgan fingerprint density at radius 2 is 1.32 bits per heavy atom. The average molecular weight is 405 g/mol. The molecule has 0 saturated heterocycles. The second-order valence-corrected chi connectivity index (χ2v) is 6.26. The Bertz CT molecular complexity index is 237. The summed E-state index contributed by atoms with van der Waals surface area (Å²) >= 11 is 0. The molecule has 0 bridgehead atoms. The standard InChI is InChI=1S/C16H36N4.4C2H6/c1-3-13(17)15(4-2)19-11-8-12-20-16-10-7-5-6-9-14(16)18;4*1-2/h13-16,19-20H,3-12,17-18H2,1-2H3;4*1-2H3. The van der Waals surface area contributed by atoms with Gasteiger partial charge in [0.05, 0.1) is 0 Å². The van der Waals surface area contributed by atoms with E-state index in [0.717, 1.165) is 32.4 Å². The topological polar surface area (TPSA) is 76.1 Å². The molecule has 0 aromatic rings. The van der Waals surface area contributed by atoms with Crippen LogP contribution in [0.15, 0.2) is 0 Å². The summed E-state index contributed by atoms with van der Waals surface area (Å²) in [6.45, 7) is 22.5. The number of nitrogens with two attached hydrogens (primary N) is 2. The minimum absolute atomic E-state index is 0.281. The van der Waals surface area contributed by atoms with Gasteiger partial charge in [-0.1, -0.05) is 88.5 Å². The van der Waals surface area contributed by atoms with Gasteiger partial charge >= 0.3 is 0 Å². The number of hydrogen-bond acceptors (Lipinski definition) is 4. The van der Waals surface area contributed by atoms with Crippen LogP contribution in [0.25, 0.3) is 0 Å². The van der Waals surface area contributed by atoms with E-state index in [1.807, 2.05) is 55.4 Å². The molecule has 0 heterocycles. The Morgan fingerprint density at radius 3 is 1.82 bits per heavy atom. The van der Waals surface area contributed by atoms with Crippen molar-refractivity contribution in [2.24, 2.45) is 11.5 Å². The zero-order valence-electron chi connectivity index (χ0n) is 21.5. The van der Waals surface area contributed by atoms with Gasteiger partial charge in [0.15, 0.2) is 0 Å². The van der Waals surface area contributed by atoms with Crippen LogP contribution in [0.2, 0.25) is 0 Å². The Morgan fingerprint density at radius 1 is 0.786 bits per heavy atom. The first-order valence-electron chi connectivity index (χ1n) is 12.7. The normalized spacial score (nSPS) is 20.1. The fourth-order valence-corrected chi connectivity index (χ4v) is 3.14. The highest BCUT2D eigenvalue weighted by Gasteiger charge is 2.19. The highest BCUT2D eigenvalue weighted by atomic mass is 15.0. The van der Waals surface area contributed by atoms with Crippen molar-refractivity contribution in [3.8, 4) is 0 Å². The average Bonchev–Trinajstić information content (AvgIpc) is 3.00. The summed E-state index contributed by atoms with van der Waals surface area (Å²) in [5.74, 6) is 0. The van der Waals surface area contributed by atoms with Crippen molar-refractivity contribution in [1.29, 1.82) is 0 Å². The molecule has 6 N–H and O–H groups in total. The Labute approximate surface area is 180 Å². The summed E-state index contributed by atoms with van der Waals surface area (Å²) in [5, 5.41) is 7.24. The molecule has 0 amide bonds. The lowest BCUT2D eigenvalue weighted by Crippen LogP contribution is -2.46. The molecule has 0 radical (unpaired) electrons. The van der Waals surface area contributed by atoms with E-state index in [1.165, 1.54) is 32.1 Å². The molecule has 4 heteroatoms. The van der Waals surface area contributed by atoms with E-state index < -0.39 is 0 Å². The third kappa shape index (κ3) is 20.6. The fraction of sp³-hybridized carbons (Fsp3) is 1.00. The van der Waals surface area contributed by atoms with Gasteiger partial charge in [0.1, 0.15) is 0 Å². The lowest BCUT2D eigenvalue weighted by Gasteiger charge is -2.24. The molecular weight excluding hydrogens is 344 g/mol. The van der Waals surface area contributed by atoms with Crippen LogP contribution in [0.3, 0.4) is 0 Å². The molecule has 1 fully saturated rings. The molecule has 1 saturated carbocycles. The molecule has 0 aliphatic heterocycles. The van der Waals surface area contributed by atoms with E-state index in [1.54, 1.807) is 0 Å². The molecule has 0 spiro atoms. The molecule has 4 atom stereocenters. The summed E-state index contributed by atoms with van der Waals surface area (Å²) in [5.41, 5.74) is 12.3. The van der Waals surface area contributed by atoms with Crippen LogP contribution < -0.4 is 22.1 Å². The van der Waals surface area contributed by atoms with Gasteiger partial charge in [0.25, 0.3) is 0 Å². The van der Waals surface area contributed by atoms with Gasteiger partial charge in [-0.25, -0.2) is 0 Å². The molecule has 1 aliphatic carbocycles. The SMILES string of the molecule is CC.CC.CC.CC.CCC(N)C(CC)NCCCNC1CCCCCC1N. The third-order valence-electron chi connectivity index (χ3n) is 4.66. The van der Waals surface area contributed by atoms with Crippen LogP contribution in [0, 0.1) is 0 Å². The molecule has 0 aromatic carbocycles. The summed E-state index contributed by atoms with van der Waals surface area (Å²) in [7, 11) is 0. The van der Waals surface area contributed by atoms with E-state index in [-0.39, 0.29) is 6.04 Å². The van der Waals surface area contributed by atoms with Crippen LogP contribution >= 0.6 is 0 Å². The van der Waals surface area contributed by atoms with Crippen molar-refractivity contribution < 1.29 is 0 Å². The van der Waals surface area contributed by atoms with E-state index in [4.69, 9.17) is 11.5 Å². The van der Waals surface area contributed by atoms with Crippen LogP contribution in [-0.2, 0) is 0 Å². The number of hydrogen-bond donors (Lipinski definition) is 4. The Hall–Kier alpha value is -0.160. The molecule has 4 nitrogen and oxygen atoms in total. The van der Waals surface area contributed by atoms with E-state index >= 15 is 0 Å². The minimum atomic E-state index is 0.281. The lowest BCUT2D eigenvalue weighted by atomic mass is 10.0. The van der Waals surface area contributed by atoms with Crippen molar-refractivity contribution in [1.82, 2.24) is 10.6 Å². The van der Waals surface area contributed by atoms with Crippen LogP contribution in [0.1, 0.15) is 121 Å². The Balaban J connectivity index is -0.000000318. The van der Waals surface area contributed by atoms with Crippen molar-refractivity contribution >= 4 is 0 Å². The van der Waals surface area contributed by atoms with Gasteiger partial charge in [-0.15, -0.1) is 0 Å². The van der Waals surface area contributed by atoms with Crippen molar-refractivity contribution in [3.05, 3.63) is 0 Å². The summed E-state index contributed by atoms with van der Waals surface area (Å²) in [6, 6.07) is 1.61. The fourth-order valence-electron chi connectivity index (χ4n) is 3.14. The predicted octanol–water partition coefficient (Wildman–Crippen LogP) is 5.84. The molecule has 4 unspecified atom stereocenters. The molecule has 1 aliphatic rings. The van der Waals surface area contributed by atoms with E-state index in [9.17, 15) is 0 Å². The number of nitrogens with one attached hydrogen (secondary N) is 2. The number of rotatable bonds is 9. The maximum Gasteiger partial charge on any atom is 0.0219 e. The monoisotopic (exact) mass is 404 g/mol. The highest BCUT2D eigenvalue weighted by Crippen LogP contribution is 2.16. The zero-order valence-corrected chi connectivity index (χ0v) is 21.5. The third-order valence-corrected chi connectivity index (χ3v) is 4.66. The molecule has 28 heavy (non-hydrogen) atoms. The smallest absolute Gasteiger partial charge is 0.0219 e. The lowest BCUT2D eigenvalue weighted by molar-refractivity contribution is 0.383. The second-order valence-electron chi connectivity index (χ2n) is 6.26. The Kier molecular flexibility index (Phi) is 39.7. The first-order chi connectivity index (χ1) is 13.7. The largest absolute Gasteiger partial charge is 0.326 e. The van der Waals surface area contributed by atoms with Gasteiger partial charge in [-0.3, -0.25) is 0 Å². The first kappa shape index (κ1) is 35.3. The molecule has 176 valence electrons. The van der Waals surface area contributed by atoms with Crippen molar-refractivity contribution in [2.75, 3.05) is 13.1 Å². The maximum absolute atomic E-state index is 6.23. The van der Waals surface area contributed by atoms with Gasteiger partial charge in [0, 0.05) is 24.2 Å². The van der Waals surface area contributed by atoms with Crippen molar-refractivity contribution in [3.63, 3.8) is 0 Å². The second kappa shape index (κ2) is 31.5. The molecular formula is C24H60N4. The molecule has 0 aromatic heterocycles. The summed E-state index contributed by atoms with van der Waals surface area (Å²) < 4.78 is 0. The summed E-state index contributed by atoms with van der Waals surface area (Å²) in [4.78, 5) is 0. The van der Waals surface area contributed by atoms with Gasteiger partial charge in [0.2, 0.25) is 0 Å². The van der Waals surface area contributed by atoms with E-state index in [0.29, 0.717) is 18.1 Å². The quantitative estimate of drug-likeness (QED) is 0.288. The van der Waals surface area contributed by atoms with Crippen molar-refractivity contribution in [2.45, 2.75) is 145 Å². The zero-order chi connectivity index (χ0) is 22.8.